The zero-order chi connectivity index (χ0) is 14.4. The van der Waals surface area contributed by atoms with E-state index >= 15 is 0 Å². The predicted octanol–water partition coefficient (Wildman–Crippen LogP) is 3.42. The number of nitrogens with one attached hydrogen (secondary N) is 1. The van der Waals surface area contributed by atoms with Gasteiger partial charge in [-0.05, 0) is 36.4 Å². The van der Waals surface area contributed by atoms with Gasteiger partial charge in [-0.25, -0.2) is 0 Å². The Morgan fingerprint density at radius 3 is 2.80 bits per heavy atom. The van der Waals surface area contributed by atoms with Gasteiger partial charge >= 0.3 is 0 Å². The fraction of sp³-hybridized carbons (Fsp3) is 0.529. The molecule has 0 saturated carbocycles. The van der Waals surface area contributed by atoms with E-state index in [9.17, 15) is 0 Å². The second-order valence-electron chi connectivity index (χ2n) is 5.72. The minimum absolute atomic E-state index is 0.682. The highest BCUT2D eigenvalue weighted by atomic mass is 16.5. The summed E-state index contributed by atoms with van der Waals surface area (Å²) in [5.41, 5.74) is 2.69. The Labute approximate surface area is 121 Å². The van der Waals surface area contributed by atoms with Crippen LogP contribution in [0.2, 0.25) is 0 Å². The summed E-state index contributed by atoms with van der Waals surface area (Å²) in [7, 11) is 1.76. The topological polar surface area (TPSA) is 26.2 Å². The van der Waals surface area contributed by atoms with Gasteiger partial charge in [-0.1, -0.05) is 32.0 Å². The van der Waals surface area contributed by atoms with E-state index in [-0.39, 0.29) is 0 Å². The lowest BCUT2D eigenvalue weighted by Gasteiger charge is -2.12. The molecule has 20 heavy (non-hydrogen) atoms. The van der Waals surface area contributed by atoms with Gasteiger partial charge in [0, 0.05) is 38.0 Å². The molecule has 0 aliphatic heterocycles. The van der Waals surface area contributed by atoms with Crippen molar-refractivity contribution < 1.29 is 4.74 Å². The largest absolute Gasteiger partial charge is 0.385 e. The summed E-state index contributed by atoms with van der Waals surface area (Å²) in [4.78, 5) is 0. The first-order valence-corrected chi connectivity index (χ1v) is 7.49. The second-order valence-corrected chi connectivity index (χ2v) is 5.72. The van der Waals surface area contributed by atoms with Crippen molar-refractivity contribution in [3.63, 3.8) is 0 Å². The van der Waals surface area contributed by atoms with Crippen LogP contribution in [0.5, 0.6) is 0 Å². The molecule has 2 aromatic rings. The lowest BCUT2D eigenvalue weighted by atomic mass is 10.2. The third-order valence-corrected chi connectivity index (χ3v) is 3.49. The van der Waals surface area contributed by atoms with Gasteiger partial charge in [-0.15, -0.1) is 0 Å². The molecule has 1 heterocycles. The van der Waals surface area contributed by atoms with Gasteiger partial charge in [0.1, 0.15) is 0 Å². The monoisotopic (exact) mass is 274 g/mol. The minimum Gasteiger partial charge on any atom is -0.385 e. The molecule has 0 aliphatic carbocycles. The standard InChI is InChI=1S/C17H26N2O/c1-14(2)12-18-13-16-11-15-7-4-5-8-17(15)19(16)9-6-10-20-3/h4-5,7-8,11,14,18H,6,9-10,12-13H2,1-3H3. The lowest BCUT2D eigenvalue weighted by molar-refractivity contribution is 0.190. The van der Waals surface area contributed by atoms with E-state index in [1.807, 2.05) is 0 Å². The van der Waals surface area contributed by atoms with Crippen molar-refractivity contribution in [2.75, 3.05) is 20.3 Å². The van der Waals surface area contributed by atoms with E-state index in [0.29, 0.717) is 5.92 Å². The molecule has 0 unspecified atom stereocenters. The third-order valence-electron chi connectivity index (χ3n) is 3.49. The van der Waals surface area contributed by atoms with Crippen molar-refractivity contribution in [2.45, 2.75) is 33.4 Å². The second kappa shape index (κ2) is 7.46. The quantitative estimate of drug-likeness (QED) is 0.746. The van der Waals surface area contributed by atoms with Crippen molar-refractivity contribution in [3.05, 3.63) is 36.0 Å². The van der Waals surface area contributed by atoms with Gasteiger partial charge in [-0.2, -0.15) is 0 Å². The molecule has 1 aromatic carbocycles. The Bertz CT molecular complexity index is 531. The number of hydrogen-bond donors (Lipinski definition) is 1. The van der Waals surface area contributed by atoms with E-state index in [1.54, 1.807) is 7.11 Å². The summed E-state index contributed by atoms with van der Waals surface area (Å²) in [6, 6.07) is 10.9. The van der Waals surface area contributed by atoms with Crippen molar-refractivity contribution in [1.29, 1.82) is 0 Å². The molecule has 3 nitrogen and oxygen atoms in total. The first-order valence-electron chi connectivity index (χ1n) is 7.49. The molecule has 0 saturated heterocycles. The van der Waals surface area contributed by atoms with Crippen molar-refractivity contribution in [1.82, 2.24) is 9.88 Å². The summed E-state index contributed by atoms with van der Waals surface area (Å²) in [5, 5.41) is 4.87. The van der Waals surface area contributed by atoms with Crippen LogP contribution in [0.1, 0.15) is 26.0 Å². The average Bonchev–Trinajstić information content (AvgIpc) is 2.77. The summed E-state index contributed by atoms with van der Waals surface area (Å²) in [6.45, 7) is 8.28. The van der Waals surface area contributed by atoms with Crippen LogP contribution in [-0.2, 0) is 17.8 Å². The number of fused-ring (bicyclic) bond motifs is 1. The summed E-state index contributed by atoms with van der Waals surface area (Å²) >= 11 is 0. The number of rotatable bonds is 8. The molecule has 110 valence electrons. The Kier molecular flexibility index (Phi) is 5.62. The van der Waals surface area contributed by atoms with Crippen LogP contribution >= 0.6 is 0 Å². The molecule has 0 amide bonds. The lowest BCUT2D eigenvalue weighted by Crippen LogP contribution is -2.21. The minimum atomic E-state index is 0.682. The fourth-order valence-electron chi connectivity index (χ4n) is 2.53. The molecular weight excluding hydrogens is 248 g/mol. The van der Waals surface area contributed by atoms with Gasteiger partial charge in [0.25, 0.3) is 0 Å². The molecule has 1 aromatic heterocycles. The van der Waals surface area contributed by atoms with Gasteiger partial charge in [0.2, 0.25) is 0 Å². The highest BCUT2D eigenvalue weighted by Crippen LogP contribution is 2.20. The Balaban J connectivity index is 2.15. The third kappa shape index (κ3) is 3.84. The maximum atomic E-state index is 5.18. The molecular formula is C17H26N2O. The molecule has 0 atom stereocenters. The SMILES string of the molecule is COCCCn1c(CNCC(C)C)cc2ccccc21. The van der Waals surface area contributed by atoms with Crippen LogP contribution in [0.15, 0.2) is 30.3 Å². The van der Waals surface area contributed by atoms with E-state index in [2.05, 4.69) is 54.1 Å². The normalized spacial score (nSPS) is 11.6. The van der Waals surface area contributed by atoms with Crippen LogP contribution in [0.4, 0.5) is 0 Å². The predicted molar refractivity (Wildman–Crippen MR) is 85.0 cm³/mol. The zero-order valence-corrected chi connectivity index (χ0v) is 12.9. The zero-order valence-electron chi connectivity index (χ0n) is 12.9. The van der Waals surface area contributed by atoms with Gasteiger partial charge < -0.3 is 14.6 Å². The maximum Gasteiger partial charge on any atom is 0.0482 e. The number of hydrogen-bond acceptors (Lipinski definition) is 2. The Hall–Kier alpha value is -1.32. The number of para-hydroxylation sites is 1. The molecule has 0 spiro atoms. The molecule has 0 radical (unpaired) electrons. The Morgan fingerprint density at radius 2 is 2.05 bits per heavy atom. The summed E-state index contributed by atoms with van der Waals surface area (Å²) in [6.07, 6.45) is 1.05. The molecule has 3 heteroatoms. The van der Waals surface area contributed by atoms with Crippen LogP contribution in [0, 0.1) is 5.92 Å². The van der Waals surface area contributed by atoms with Gasteiger partial charge in [0.15, 0.2) is 0 Å². The highest BCUT2D eigenvalue weighted by Gasteiger charge is 2.08. The van der Waals surface area contributed by atoms with Crippen molar-refractivity contribution in [3.8, 4) is 0 Å². The van der Waals surface area contributed by atoms with Gasteiger partial charge in [0.05, 0.1) is 0 Å². The Morgan fingerprint density at radius 1 is 1.25 bits per heavy atom. The highest BCUT2D eigenvalue weighted by molar-refractivity contribution is 5.81. The maximum absolute atomic E-state index is 5.18. The van der Waals surface area contributed by atoms with E-state index in [0.717, 1.165) is 32.7 Å². The van der Waals surface area contributed by atoms with Crippen LogP contribution in [0.25, 0.3) is 10.9 Å². The summed E-state index contributed by atoms with van der Waals surface area (Å²) < 4.78 is 7.59. The number of benzene rings is 1. The van der Waals surface area contributed by atoms with E-state index in [4.69, 9.17) is 4.74 Å². The number of nitrogens with zero attached hydrogens (tertiary/aromatic N) is 1. The number of aryl methyl sites for hydroxylation is 1. The smallest absolute Gasteiger partial charge is 0.0482 e. The average molecular weight is 274 g/mol. The molecule has 0 fully saturated rings. The molecule has 0 aliphatic rings. The number of ether oxygens (including phenoxy) is 1. The number of aromatic nitrogens is 1. The van der Waals surface area contributed by atoms with Crippen molar-refractivity contribution >= 4 is 10.9 Å². The first kappa shape index (κ1) is 15.1. The van der Waals surface area contributed by atoms with E-state index in [1.165, 1.54) is 16.6 Å². The molecule has 1 N–H and O–H groups in total. The first-order chi connectivity index (χ1) is 9.72. The van der Waals surface area contributed by atoms with Crippen LogP contribution in [-0.4, -0.2) is 24.8 Å². The molecule has 0 bridgehead atoms. The van der Waals surface area contributed by atoms with Crippen LogP contribution in [0.3, 0.4) is 0 Å². The van der Waals surface area contributed by atoms with Crippen molar-refractivity contribution in [2.24, 2.45) is 5.92 Å². The van der Waals surface area contributed by atoms with Crippen LogP contribution < -0.4 is 5.32 Å². The fourth-order valence-corrected chi connectivity index (χ4v) is 2.53. The van der Waals surface area contributed by atoms with Gasteiger partial charge in [-0.3, -0.25) is 0 Å². The van der Waals surface area contributed by atoms with E-state index < -0.39 is 0 Å². The number of methoxy groups -OCH3 is 1. The molecule has 2 rings (SSSR count). The summed E-state index contributed by atoms with van der Waals surface area (Å²) in [5.74, 6) is 0.682.